The summed E-state index contributed by atoms with van der Waals surface area (Å²) in [6, 6.07) is 11.4. The lowest BCUT2D eigenvalue weighted by Gasteiger charge is -2.04. The van der Waals surface area contributed by atoms with Gasteiger partial charge in [0.15, 0.2) is 5.76 Å². The molecule has 9 heteroatoms. The van der Waals surface area contributed by atoms with Crippen molar-refractivity contribution in [2.24, 2.45) is 0 Å². The molecule has 0 unspecified atom stereocenters. The minimum atomic E-state index is -0.415. The molecule has 0 aliphatic carbocycles. The lowest BCUT2D eigenvalue weighted by molar-refractivity contribution is 0.0993. The highest BCUT2D eigenvalue weighted by molar-refractivity contribution is 6.31. The maximum atomic E-state index is 12.5. The van der Waals surface area contributed by atoms with E-state index >= 15 is 0 Å². The number of furan rings is 1. The number of halogens is 1. The van der Waals surface area contributed by atoms with Crippen molar-refractivity contribution in [1.82, 2.24) is 24.5 Å². The van der Waals surface area contributed by atoms with Gasteiger partial charge >= 0.3 is 0 Å². The van der Waals surface area contributed by atoms with Gasteiger partial charge in [0.2, 0.25) is 5.95 Å². The molecular formula is C21H21ClN6O2. The first-order valence-corrected chi connectivity index (χ1v) is 9.82. The topological polar surface area (TPSA) is 90.8 Å². The Labute approximate surface area is 178 Å². The zero-order chi connectivity index (χ0) is 21.3. The van der Waals surface area contributed by atoms with Crippen molar-refractivity contribution in [3.05, 3.63) is 81.8 Å². The summed E-state index contributed by atoms with van der Waals surface area (Å²) in [5.41, 5.74) is 3.91. The van der Waals surface area contributed by atoms with Crippen molar-refractivity contribution in [3.63, 3.8) is 0 Å². The Morgan fingerprint density at radius 3 is 2.63 bits per heavy atom. The van der Waals surface area contributed by atoms with Crippen LogP contribution >= 0.6 is 11.6 Å². The van der Waals surface area contributed by atoms with Gasteiger partial charge in [0.1, 0.15) is 12.1 Å². The van der Waals surface area contributed by atoms with Gasteiger partial charge in [-0.3, -0.25) is 14.8 Å². The molecule has 30 heavy (non-hydrogen) atoms. The van der Waals surface area contributed by atoms with E-state index in [0.717, 1.165) is 17.0 Å². The van der Waals surface area contributed by atoms with Gasteiger partial charge in [-0.15, -0.1) is 5.10 Å². The number of nitrogens with zero attached hydrogens (tertiary/aromatic N) is 5. The van der Waals surface area contributed by atoms with Gasteiger partial charge in [-0.1, -0.05) is 35.9 Å². The third-order valence-corrected chi connectivity index (χ3v) is 5.39. The number of amides is 1. The first-order valence-electron chi connectivity index (χ1n) is 9.44. The number of carbonyl (C=O) groups is 1. The number of carbonyl (C=O) groups excluding carboxylic acids is 1. The molecule has 0 fully saturated rings. The Bertz CT molecular complexity index is 1210. The summed E-state index contributed by atoms with van der Waals surface area (Å²) in [6.45, 7) is 6.74. The van der Waals surface area contributed by atoms with Crippen LogP contribution in [0.3, 0.4) is 0 Å². The standard InChI is InChI=1S/C21H21ClN6O2/c1-13-6-4-5-7-16(13)10-27-12-23-21(26-27)24-20(29)18-9-8-17(30-18)11-28-15(3)19(22)14(2)25-28/h4-9,12H,10-11H2,1-3H3,(H,24,26,29). The molecule has 3 aromatic heterocycles. The second-order valence-electron chi connectivity index (χ2n) is 7.05. The van der Waals surface area contributed by atoms with E-state index in [1.165, 1.54) is 5.56 Å². The van der Waals surface area contributed by atoms with E-state index in [0.29, 0.717) is 23.9 Å². The molecule has 0 aliphatic heterocycles. The molecule has 1 amide bonds. The number of benzene rings is 1. The van der Waals surface area contributed by atoms with Gasteiger partial charge in [-0.25, -0.2) is 9.67 Å². The first-order chi connectivity index (χ1) is 14.4. The fraction of sp³-hybridized carbons (Fsp3) is 0.238. The third-order valence-electron chi connectivity index (χ3n) is 4.84. The van der Waals surface area contributed by atoms with Gasteiger partial charge < -0.3 is 4.42 Å². The second-order valence-corrected chi connectivity index (χ2v) is 7.43. The van der Waals surface area contributed by atoms with Crippen LogP contribution in [0.1, 0.15) is 38.8 Å². The van der Waals surface area contributed by atoms with Crippen molar-refractivity contribution in [3.8, 4) is 0 Å². The number of nitrogens with one attached hydrogen (secondary N) is 1. The summed E-state index contributed by atoms with van der Waals surface area (Å²) < 4.78 is 9.09. The Morgan fingerprint density at radius 1 is 1.10 bits per heavy atom. The molecule has 4 rings (SSSR count). The van der Waals surface area contributed by atoms with Crippen LogP contribution in [0.25, 0.3) is 0 Å². The molecule has 8 nitrogen and oxygen atoms in total. The molecule has 0 radical (unpaired) electrons. The van der Waals surface area contributed by atoms with E-state index < -0.39 is 5.91 Å². The summed E-state index contributed by atoms with van der Waals surface area (Å²) >= 11 is 6.18. The fourth-order valence-electron chi connectivity index (χ4n) is 3.11. The summed E-state index contributed by atoms with van der Waals surface area (Å²) in [6.07, 6.45) is 1.59. The molecular weight excluding hydrogens is 404 g/mol. The summed E-state index contributed by atoms with van der Waals surface area (Å²) in [5, 5.41) is 12.0. The van der Waals surface area contributed by atoms with Crippen molar-refractivity contribution in [2.45, 2.75) is 33.9 Å². The maximum Gasteiger partial charge on any atom is 0.293 e. The summed E-state index contributed by atoms with van der Waals surface area (Å²) in [7, 11) is 0. The van der Waals surface area contributed by atoms with E-state index in [1.54, 1.807) is 27.8 Å². The van der Waals surface area contributed by atoms with Crippen LogP contribution in [0.2, 0.25) is 5.02 Å². The second kappa shape index (κ2) is 8.16. The number of aromatic nitrogens is 5. The van der Waals surface area contributed by atoms with Crippen molar-refractivity contribution in [1.29, 1.82) is 0 Å². The molecule has 1 N–H and O–H groups in total. The highest BCUT2D eigenvalue weighted by Gasteiger charge is 2.16. The van der Waals surface area contributed by atoms with Gasteiger partial charge in [-0.2, -0.15) is 5.10 Å². The average Bonchev–Trinajstić information content (AvgIpc) is 3.42. The molecule has 154 valence electrons. The Morgan fingerprint density at radius 2 is 1.90 bits per heavy atom. The Hall–Kier alpha value is -3.39. The predicted octanol–water partition coefficient (Wildman–Crippen LogP) is 4.00. The first kappa shape index (κ1) is 19.9. The number of hydrogen-bond acceptors (Lipinski definition) is 5. The van der Waals surface area contributed by atoms with E-state index in [2.05, 4.69) is 20.5 Å². The maximum absolute atomic E-state index is 12.5. The molecule has 0 saturated carbocycles. The number of anilines is 1. The van der Waals surface area contributed by atoms with E-state index in [1.807, 2.05) is 45.0 Å². The van der Waals surface area contributed by atoms with Gasteiger partial charge in [0.05, 0.1) is 29.5 Å². The largest absolute Gasteiger partial charge is 0.454 e. The molecule has 0 bridgehead atoms. The normalized spacial score (nSPS) is 11.1. The monoisotopic (exact) mass is 424 g/mol. The smallest absolute Gasteiger partial charge is 0.293 e. The molecule has 0 atom stereocenters. The minimum absolute atomic E-state index is 0.174. The van der Waals surface area contributed by atoms with E-state index in [9.17, 15) is 4.79 Å². The van der Waals surface area contributed by atoms with E-state index in [4.69, 9.17) is 16.0 Å². The van der Waals surface area contributed by atoms with E-state index in [-0.39, 0.29) is 11.7 Å². The highest BCUT2D eigenvalue weighted by atomic mass is 35.5. The SMILES string of the molecule is Cc1ccccc1Cn1cnc(NC(=O)c2ccc(Cn3nc(C)c(Cl)c3C)o2)n1. The number of rotatable bonds is 6. The van der Waals surface area contributed by atoms with Crippen LogP contribution in [0, 0.1) is 20.8 Å². The highest BCUT2D eigenvalue weighted by Crippen LogP contribution is 2.20. The molecule has 3 heterocycles. The quantitative estimate of drug-likeness (QED) is 0.505. The Balaban J connectivity index is 1.41. The lowest BCUT2D eigenvalue weighted by atomic mass is 10.1. The minimum Gasteiger partial charge on any atom is -0.454 e. The zero-order valence-electron chi connectivity index (χ0n) is 16.9. The van der Waals surface area contributed by atoms with Crippen molar-refractivity contribution in [2.75, 3.05) is 5.32 Å². The molecule has 0 aliphatic rings. The zero-order valence-corrected chi connectivity index (χ0v) is 17.6. The Kier molecular flexibility index (Phi) is 5.41. The van der Waals surface area contributed by atoms with Crippen LogP contribution < -0.4 is 5.32 Å². The summed E-state index contributed by atoms with van der Waals surface area (Å²) in [5.74, 6) is 0.575. The fourth-order valence-corrected chi connectivity index (χ4v) is 3.25. The predicted molar refractivity (Wildman–Crippen MR) is 113 cm³/mol. The molecule has 4 aromatic rings. The number of aryl methyl sites for hydroxylation is 2. The summed E-state index contributed by atoms with van der Waals surface area (Å²) in [4.78, 5) is 16.6. The van der Waals surface area contributed by atoms with Gasteiger partial charge in [0, 0.05) is 0 Å². The number of hydrogen-bond donors (Lipinski definition) is 1. The van der Waals surface area contributed by atoms with Gasteiger partial charge in [-0.05, 0) is 44.0 Å². The third kappa shape index (κ3) is 4.13. The van der Waals surface area contributed by atoms with Crippen LogP contribution in [-0.4, -0.2) is 30.5 Å². The van der Waals surface area contributed by atoms with Crippen LogP contribution in [0.4, 0.5) is 5.95 Å². The molecule has 1 aromatic carbocycles. The van der Waals surface area contributed by atoms with Crippen molar-refractivity contribution >= 4 is 23.5 Å². The molecule has 0 saturated heterocycles. The van der Waals surface area contributed by atoms with Crippen LogP contribution in [0.15, 0.2) is 47.1 Å². The molecule has 0 spiro atoms. The van der Waals surface area contributed by atoms with Crippen molar-refractivity contribution < 1.29 is 9.21 Å². The van der Waals surface area contributed by atoms with Gasteiger partial charge in [0.25, 0.3) is 5.91 Å². The lowest BCUT2D eigenvalue weighted by Crippen LogP contribution is -2.13. The van der Waals surface area contributed by atoms with Crippen LogP contribution in [-0.2, 0) is 13.1 Å². The average molecular weight is 425 g/mol. The van der Waals surface area contributed by atoms with Crippen LogP contribution in [0.5, 0.6) is 0 Å².